The molecule has 18 heavy (non-hydrogen) atoms. The fourth-order valence-electron chi connectivity index (χ4n) is 1.90. The minimum absolute atomic E-state index is 0.576. The molecule has 0 spiro atoms. The van der Waals surface area contributed by atoms with Crippen molar-refractivity contribution in [3.05, 3.63) is 60.8 Å². The summed E-state index contributed by atoms with van der Waals surface area (Å²) in [6, 6.07) is 17.2. The average molecular weight is 236 g/mol. The van der Waals surface area contributed by atoms with Gasteiger partial charge in [-0.3, -0.25) is 0 Å². The summed E-state index contributed by atoms with van der Waals surface area (Å²) in [4.78, 5) is 4.15. The van der Waals surface area contributed by atoms with Crippen molar-refractivity contribution in [1.29, 1.82) is 0 Å². The maximum atomic E-state index is 5.95. The van der Waals surface area contributed by atoms with E-state index in [-0.39, 0.29) is 0 Å². The number of hydrogen-bond acceptors (Lipinski definition) is 3. The van der Waals surface area contributed by atoms with E-state index >= 15 is 0 Å². The molecule has 0 fully saturated rings. The van der Waals surface area contributed by atoms with Gasteiger partial charge in [-0.1, -0.05) is 30.3 Å². The molecule has 1 aromatic heterocycles. The van der Waals surface area contributed by atoms with Crippen LogP contribution >= 0.6 is 0 Å². The Morgan fingerprint density at radius 2 is 1.61 bits per heavy atom. The van der Waals surface area contributed by atoms with Crippen molar-refractivity contribution in [3.63, 3.8) is 0 Å². The second-order valence-corrected chi connectivity index (χ2v) is 3.97. The van der Waals surface area contributed by atoms with E-state index in [1.54, 1.807) is 6.20 Å². The van der Waals surface area contributed by atoms with Crippen LogP contribution in [-0.2, 0) is 0 Å². The molecule has 0 aliphatic carbocycles. The Kier molecular flexibility index (Phi) is 2.57. The van der Waals surface area contributed by atoms with Crippen LogP contribution in [-0.4, -0.2) is 4.98 Å². The highest BCUT2D eigenvalue weighted by Gasteiger charge is 2.05. The highest BCUT2D eigenvalue weighted by Crippen LogP contribution is 2.32. The van der Waals surface area contributed by atoms with Gasteiger partial charge < -0.3 is 10.5 Å². The molecule has 0 aliphatic heterocycles. The monoisotopic (exact) mass is 236 g/mol. The Morgan fingerprint density at radius 1 is 0.833 bits per heavy atom. The van der Waals surface area contributed by atoms with Crippen LogP contribution in [0.1, 0.15) is 0 Å². The van der Waals surface area contributed by atoms with Crippen LogP contribution in [0.25, 0.3) is 10.8 Å². The van der Waals surface area contributed by atoms with Crippen molar-refractivity contribution >= 4 is 16.5 Å². The van der Waals surface area contributed by atoms with Gasteiger partial charge in [0.1, 0.15) is 5.75 Å². The first kappa shape index (κ1) is 10.6. The number of pyridine rings is 1. The standard InChI is InChI=1S/C15H12N2O/c16-13-8-9-14(12-6-2-1-5-11(12)13)18-15-7-3-4-10-17-15/h1-10H,16H2. The largest absolute Gasteiger partial charge is 0.438 e. The van der Waals surface area contributed by atoms with E-state index in [1.807, 2.05) is 54.6 Å². The van der Waals surface area contributed by atoms with Crippen molar-refractivity contribution in [2.75, 3.05) is 5.73 Å². The summed E-state index contributed by atoms with van der Waals surface area (Å²) >= 11 is 0. The summed E-state index contributed by atoms with van der Waals surface area (Å²) in [5, 5.41) is 1.98. The fraction of sp³-hybridized carbons (Fsp3) is 0. The van der Waals surface area contributed by atoms with Gasteiger partial charge in [-0.15, -0.1) is 0 Å². The van der Waals surface area contributed by atoms with E-state index in [1.165, 1.54) is 0 Å². The number of nitrogens with zero attached hydrogens (tertiary/aromatic N) is 1. The van der Waals surface area contributed by atoms with Gasteiger partial charge >= 0.3 is 0 Å². The highest BCUT2D eigenvalue weighted by atomic mass is 16.5. The second kappa shape index (κ2) is 4.37. The van der Waals surface area contributed by atoms with Crippen LogP contribution in [0.4, 0.5) is 5.69 Å². The fourth-order valence-corrected chi connectivity index (χ4v) is 1.90. The van der Waals surface area contributed by atoms with Crippen LogP contribution in [0.15, 0.2) is 60.8 Å². The summed E-state index contributed by atoms with van der Waals surface area (Å²) in [6.45, 7) is 0. The zero-order valence-corrected chi connectivity index (χ0v) is 9.71. The molecule has 0 saturated carbocycles. The van der Waals surface area contributed by atoms with Gasteiger partial charge in [-0.2, -0.15) is 0 Å². The van der Waals surface area contributed by atoms with Crippen molar-refractivity contribution in [1.82, 2.24) is 4.98 Å². The van der Waals surface area contributed by atoms with Crippen molar-refractivity contribution < 1.29 is 4.74 Å². The lowest BCUT2D eigenvalue weighted by Crippen LogP contribution is -1.91. The average Bonchev–Trinajstić information content (AvgIpc) is 2.44. The van der Waals surface area contributed by atoms with E-state index in [0.717, 1.165) is 22.2 Å². The Labute approximate surface area is 105 Å². The molecule has 2 aromatic carbocycles. The van der Waals surface area contributed by atoms with E-state index in [0.29, 0.717) is 5.88 Å². The Bertz CT molecular complexity index is 680. The summed E-state index contributed by atoms with van der Waals surface area (Å²) in [5.41, 5.74) is 6.70. The maximum Gasteiger partial charge on any atom is 0.219 e. The van der Waals surface area contributed by atoms with Crippen LogP contribution < -0.4 is 10.5 Å². The predicted molar refractivity (Wildman–Crippen MR) is 72.7 cm³/mol. The third-order valence-corrected chi connectivity index (χ3v) is 2.77. The first-order valence-corrected chi connectivity index (χ1v) is 5.71. The van der Waals surface area contributed by atoms with E-state index in [9.17, 15) is 0 Å². The lowest BCUT2D eigenvalue weighted by molar-refractivity contribution is 0.468. The number of ether oxygens (including phenoxy) is 1. The Hall–Kier alpha value is -2.55. The number of rotatable bonds is 2. The number of benzene rings is 2. The number of anilines is 1. The van der Waals surface area contributed by atoms with Gasteiger partial charge in [-0.05, 0) is 18.2 Å². The van der Waals surface area contributed by atoms with Crippen LogP contribution in [0, 0.1) is 0 Å². The molecule has 1 heterocycles. The number of aromatic nitrogens is 1. The number of fused-ring (bicyclic) bond motifs is 1. The molecule has 2 N–H and O–H groups in total. The molecule has 0 saturated heterocycles. The van der Waals surface area contributed by atoms with Crippen LogP contribution in [0.2, 0.25) is 0 Å². The molecule has 0 aliphatic rings. The molecule has 0 amide bonds. The summed E-state index contributed by atoms with van der Waals surface area (Å²) in [5.74, 6) is 1.34. The third kappa shape index (κ3) is 1.86. The highest BCUT2D eigenvalue weighted by molar-refractivity contribution is 5.97. The molecular formula is C15H12N2O. The summed E-state index contributed by atoms with van der Waals surface area (Å²) in [7, 11) is 0. The zero-order valence-electron chi connectivity index (χ0n) is 9.71. The lowest BCUT2D eigenvalue weighted by Gasteiger charge is -2.09. The molecule has 3 aromatic rings. The van der Waals surface area contributed by atoms with Crippen LogP contribution in [0.5, 0.6) is 11.6 Å². The molecule has 0 bridgehead atoms. The molecule has 0 radical (unpaired) electrons. The Balaban J connectivity index is 2.10. The first-order chi connectivity index (χ1) is 8.84. The second-order valence-electron chi connectivity index (χ2n) is 3.97. The topological polar surface area (TPSA) is 48.1 Å². The quantitative estimate of drug-likeness (QED) is 0.691. The molecule has 3 rings (SSSR count). The van der Waals surface area contributed by atoms with Crippen molar-refractivity contribution in [2.45, 2.75) is 0 Å². The molecular weight excluding hydrogens is 224 g/mol. The number of hydrogen-bond donors (Lipinski definition) is 1. The smallest absolute Gasteiger partial charge is 0.219 e. The molecule has 3 nitrogen and oxygen atoms in total. The van der Waals surface area contributed by atoms with Gasteiger partial charge in [0.15, 0.2) is 0 Å². The molecule has 0 unspecified atom stereocenters. The van der Waals surface area contributed by atoms with Gasteiger partial charge in [0.25, 0.3) is 0 Å². The van der Waals surface area contributed by atoms with Crippen molar-refractivity contribution in [2.24, 2.45) is 0 Å². The van der Waals surface area contributed by atoms with Crippen LogP contribution in [0.3, 0.4) is 0 Å². The van der Waals surface area contributed by atoms with E-state index in [4.69, 9.17) is 10.5 Å². The van der Waals surface area contributed by atoms with Gasteiger partial charge in [-0.25, -0.2) is 4.98 Å². The summed E-state index contributed by atoms with van der Waals surface area (Å²) < 4.78 is 5.78. The van der Waals surface area contributed by atoms with Gasteiger partial charge in [0, 0.05) is 28.7 Å². The molecule has 3 heteroatoms. The minimum atomic E-state index is 0.576. The Morgan fingerprint density at radius 3 is 2.39 bits per heavy atom. The maximum absolute atomic E-state index is 5.95. The number of nitrogen functional groups attached to an aromatic ring is 1. The van der Waals surface area contributed by atoms with E-state index in [2.05, 4.69) is 4.98 Å². The van der Waals surface area contributed by atoms with Gasteiger partial charge in [0.2, 0.25) is 5.88 Å². The predicted octanol–water partition coefficient (Wildman–Crippen LogP) is 3.61. The van der Waals surface area contributed by atoms with Crippen molar-refractivity contribution in [3.8, 4) is 11.6 Å². The molecule has 88 valence electrons. The normalized spacial score (nSPS) is 10.4. The first-order valence-electron chi connectivity index (χ1n) is 5.71. The molecule has 0 atom stereocenters. The summed E-state index contributed by atoms with van der Waals surface area (Å²) in [6.07, 6.45) is 1.70. The third-order valence-electron chi connectivity index (χ3n) is 2.77. The minimum Gasteiger partial charge on any atom is -0.438 e. The SMILES string of the molecule is Nc1ccc(Oc2ccccn2)c2ccccc12. The zero-order chi connectivity index (χ0) is 12.4. The number of nitrogens with two attached hydrogens (primary N) is 1. The van der Waals surface area contributed by atoms with Gasteiger partial charge in [0.05, 0.1) is 0 Å². The lowest BCUT2D eigenvalue weighted by atomic mass is 10.1. The van der Waals surface area contributed by atoms with E-state index < -0.39 is 0 Å².